The zero-order chi connectivity index (χ0) is 19.4. The fraction of sp³-hybridized carbons (Fsp3) is 0.158. The van der Waals surface area contributed by atoms with Gasteiger partial charge in [0.15, 0.2) is 6.61 Å². The Hall–Kier alpha value is -3.68. The van der Waals surface area contributed by atoms with Crippen LogP contribution >= 0.6 is 0 Å². The Morgan fingerprint density at radius 1 is 1.19 bits per heavy atom. The Bertz CT molecular complexity index is 1070. The van der Waals surface area contributed by atoms with Gasteiger partial charge in [-0.1, -0.05) is 13.0 Å². The van der Waals surface area contributed by atoms with Gasteiger partial charge in [-0.25, -0.2) is 4.79 Å². The highest BCUT2D eigenvalue weighted by molar-refractivity contribution is 5.92. The van der Waals surface area contributed by atoms with Gasteiger partial charge in [0.05, 0.1) is 4.92 Å². The molecule has 0 aliphatic carbocycles. The Morgan fingerprint density at radius 3 is 2.70 bits per heavy atom. The molecule has 1 heterocycles. The van der Waals surface area contributed by atoms with Crippen molar-refractivity contribution in [1.82, 2.24) is 0 Å². The number of hydrogen-bond acceptors (Lipinski definition) is 6. The molecule has 1 N–H and O–H groups in total. The van der Waals surface area contributed by atoms with Crippen LogP contribution in [0, 0.1) is 10.1 Å². The first-order chi connectivity index (χ1) is 13.0. The minimum atomic E-state index is -0.478. The number of anilines is 1. The molecular weight excluding hydrogens is 352 g/mol. The number of nitrogens with zero attached hydrogens (tertiary/aromatic N) is 1. The average Bonchev–Trinajstić information content (AvgIpc) is 2.65. The first-order valence-corrected chi connectivity index (χ1v) is 8.20. The first-order valence-electron chi connectivity index (χ1n) is 8.20. The number of aryl methyl sites for hydroxylation is 1. The number of amides is 1. The zero-order valence-corrected chi connectivity index (χ0v) is 14.4. The molecule has 0 fully saturated rings. The number of rotatable bonds is 6. The van der Waals surface area contributed by atoms with Crippen LogP contribution in [0.3, 0.4) is 0 Å². The van der Waals surface area contributed by atoms with Gasteiger partial charge in [-0.15, -0.1) is 0 Å². The van der Waals surface area contributed by atoms with Crippen LogP contribution in [0.1, 0.15) is 12.5 Å². The molecule has 27 heavy (non-hydrogen) atoms. The molecule has 0 unspecified atom stereocenters. The van der Waals surface area contributed by atoms with E-state index in [1.54, 1.807) is 30.3 Å². The lowest BCUT2D eigenvalue weighted by atomic mass is 10.1. The minimum absolute atomic E-state index is 0.0409. The van der Waals surface area contributed by atoms with Crippen LogP contribution in [0.2, 0.25) is 0 Å². The summed E-state index contributed by atoms with van der Waals surface area (Å²) in [5, 5.41) is 14.4. The van der Waals surface area contributed by atoms with Gasteiger partial charge in [0.2, 0.25) is 0 Å². The Morgan fingerprint density at radius 2 is 1.96 bits per heavy atom. The second-order valence-electron chi connectivity index (χ2n) is 5.75. The van der Waals surface area contributed by atoms with Crippen LogP contribution in [0.5, 0.6) is 5.75 Å². The number of nitro benzene ring substituents is 1. The fourth-order valence-corrected chi connectivity index (χ4v) is 2.59. The van der Waals surface area contributed by atoms with Gasteiger partial charge in [-0.05, 0) is 30.7 Å². The van der Waals surface area contributed by atoms with Crippen LogP contribution in [0.25, 0.3) is 11.0 Å². The van der Waals surface area contributed by atoms with Crippen molar-refractivity contribution in [2.45, 2.75) is 13.3 Å². The quantitative estimate of drug-likeness (QED) is 0.406. The van der Waals surface area contributed by atoms with Gasteiger partial charge in [0, 0.05) is 34.8 Å². The number of nitrogens with one attached hydrogen (secondary N) is 1. The molecule has 0 bridgehead atoms. The van der Waals surface area contributed by atoms with Gasteiger partial charge >= 0.3 is 5.63 Å². The second-order valence-corrected chi connectivity index (χ2v) is 5.75. The number of carbonyl (C=O) groups excluding carboxylic acids is 1. The third-order valence-corrected chi connectivity index (χ3v) is 3.91. The normalized spacial score (nSPS) is 10.6. The molecule has 3 rings (SSSR count). The summed E-state index contributed by atoms with van der Waals surface area (Å²) < 4.78 is 10.5. The number of fused-ring (bicyclic) bond motifs is 1. The van der Waals surface area contributed by atoms with E-state index < -0.39 is 16.5 Å². The first kappa shape index (κ1) is 18.1. The molecule has 0 saturated carbocycles. The van der Waals surface area contributed by atoms with E-state index in [0.29, 0.717) is 29.0 Å². The van der Waals surface area contributed by atoms with Crippen LogP contribution in [0.15, 0.2) is 57.7 Å². The molecule has 8 heteroatoms. The van der Waals surface area contributed by atoms with E-state index in [-0.39, 0.29) is 12.3 Å². The molecule has 0 saturated heterocycles. The van der Waals surface area contributed by atoms with E-state index in [2.05, 4.69) is 5.32 Å². The molecule has 138 valence electrons. The summed E-state index contributed by atoms with van der Waals surface area (Å²) in [5.41, 5.74) is 0.741. The molecule has 0 aliphatic heterocycles. The average molecular weight is 368 g/mol. The van der Waals surface area contributed by atoms with E-state index in [9.17, 15) is 19.7 Å². The summed E-state index contributed by atoms with van der Waals surface area (Å²) in [7, 11) is 0. The van der Waals surface area contributed by atoms with Crippen molar-refractivity contribution in [3.63, 3.8) is 0 Å². The SMILES string of the molecule is CCc1ccc(NC(=O)COc2ccc3ccc(=O)oc3c2)cc1[N+](=O)[O-]. The Balaban J connectivity index is 1.67. The van der Waals surface area contributed by atoms with Crippen LogP contribution < -0.4 is 15.7 Å². The molecule has 0 radical (unpaired) electrons. The van der Waals surface area contributed by atoms with E-state index in [1.807, 2.05) is 6.92 Å². The standard InChI is InChI=1S/C19H16N2O6/c1-2-12-3-6-14(9-16(12)21(24)25)20-18(22)11-26-15-7-4-13-5-8-19(23)27-17(13)10-15/h3-10H,2,11H2,1H3,(H,20,22). The summed E-state index contributed by atoms with van der Waals surface area (Å²) >= 11 is 0. The van der Waals surface area contributed by atoms with Gasteiger partial charge in [0.1, 0.15) is 11.3 Å². The smallest absolute Gasteiger partial charge is 0.336 e. The summed E-state index contributed by atoms with van der Waals surface area (Å²) in [4.78, 5) is 33.9. The second kappa shape index (κ2) is 7.69. The highest BCUT2D eigenvalue weighted by atomic mass is 16.6. The lowest BCUT2D eigenvalue weighted by Gasteiger charge is -2.09. The van der Waals surface area contributed by atoms with Gasteiger partial charge in [-0.2, -0.15) is 0 Å². The summed E-state index contributed by atoms with van der Waals surface area (Å²) in [6, 6.07) is 12.4. The number of carbonyl (C=O) groups is 1. The Labute approximate surface area is 153 Å². The van der Waals surface area contributed by atoms with E-state index in [4.69, 9.17) is 9.15 Å². The molecule has 0 atom stereocenters. The summed E-state index contributed by atoms with van der Waals surface area (Å²) in [6.07, 6.45) is 0.520. The van der Waals surface area contributed by atoms with Crippen molar-refractivity contribution < 1.29 is 18.9 Å². The number of benzene rings is 2. The minimum Gasteiger partial charge on any atom is -0.484 e. The molecule has 1 aromatic heterocycles. The topological polar surface area (TPSA) is 112 Å². The maximum atomic E-state index is 12.1. The van der Waals surface area contributed by atoms with Crippen molar-refractivity contribution in [1.29, 1.82) is 0 Å². The summed E-state index contributed by atoms with van der Waals surface area (Å²) in [6.45, 7) is 1.52. The van der Waals surface area contributed by atoms with Gasteiger partial charge < -0.3 is 14.5 Å². The maximum Gasteiger partial charge on any atom is 0.336 e. The highest BCUT2D eigenvalue weighted by Gasteiger charge is 2.14. The maximum absolute atomic E-state index is 12.1. The highest BCUT2D eigenvalue weighted by Crippen LogP contribution is 2.24. The van der Waals surface area contributed by atoms with Crippen LogP contribution in [-0.2, 0) is 11.2 Å². The van der Waals surface area contributed by atoms with Crippen molar-refractivity contribution in [3.05, 3.63) is 74.6 Å². The largest absolute Gasteiger partial charge is 0.484 e. The summed E-state index contributed by atoms with van der Waals surface area (Å²) in [5.74, 6) is -0.109. The van der Waals surface area contributed by atoms with Crippen LogP contribution in [-0.4, -0.2) is 17.4 Å². The molecule has 2 aromatic carbocycles. The van der Waals surface area contributed by atoms with Crippen LogP contribution in [0.4, 0.5) is 11.4 Å². The Kier molecular flexibility index (Phi) is 5.16. The zero-order valence-electron chi connectivity index (χ0n) is 14.4. The number of ether oxygens (including phenoxy) is 1. The van der Waals surface area contributed by atoms with E-state index >= 15 is 0 Å². The third kappa shape index (κ3) is 4.30. The van der Waals surface area contributed by atoms with E-state index in [1.165, 1.54) is 18.2 Å². The molecule has 0 spiro atoms. The molecule has 1 amide bonds. The van der Waals surface area contributed by atoms with Gasteiger partial charge in [-0.3, -0.25) is 14.9 Å². The molecule has 3 aromatic rings. The van der Waals surface area contributed by atoms with Gasteiger partial charge in [0.25, 0.3) is 11.6 Å². The third-order valence-electron chi connectivity index (χ3n) is 3.91. The van der Waals surface area contributed by atoms with Crippen molar-refractivity contribution in [3.8, 4) is 5.75 Å². The lowest BCUT2D eigenvalue weighted by molar-refractivity contribution is -0.385. The van der Waals surface area contributed by atoms with E-state index in [0.717, 1.165) is 5.39 Å². The molecule has 8 nitrogen and oxygen atoms in total. The van der Waals surface area contributed by atoms with Crippen molar-refractivity contribution in [2.24, 2.45) is 0 Å². The number of nitro groups is 1. The molecule has 0 aliphatic rings. The molecular formula is C19H16N2O6. The monoisotopic (exact) mass is 368 g/mol. The number of hydrogen-bond donors (Lipinski definition) is 1. The lowest BCUT2D eigenvalue weighted by Crippen LogP contribution is -2.20. The van der Waals surface area contributed by atoms with Crippen molar-refractivity contribution >= 4 is 28.3 Å². The van der Waals surface area contributed by atoms with Crippen molar-refractivity contribution in [2.75, 3.05) is 11.9 Å². The predicted octanol–water partition coefficient (Wildman–Crippen LogP) is 3.28. The predicted molar refractivity (Wildman–Crippen MR) is 99.1 cm³/mol. The fourth-order valence-electron chi connectivity index (χ4n) is 2.59.